The molecule has 3 amide bonds. The van der Waals surface area contributed by atoms with Gasteiger partial charge in [0.15, 0.2) is 0 Å². The van der Waals surface area contributed by atoms with Crippen molar-refractivity contribution in [3.8, 4) is 0 Å². The van der Waals surface area contributed by atoms with Crippen molar-refractivity contribution in [2.45, 2.75) is 33.6 Å². The Morgan fingerprint density at radius 1 is 1.18 bits per heavy atom. The van der Waals surface area contributed by atoms with Gasteiger partial charge in [-0.1, -0.05) is 25.5 Å². The van der Waals surface area contributed by atoms with Gasteiger partial charge in [0, 0.05) is 19.5 Å². The zero-order valence-corrected chi connectivity index (χ0v) is 13.3. The summed E-state index contributed by atoms with van der Waals surface area (Å²) >= 11 is 0. The summed E-state index contributed by atoms with van der Waals surface area (Å²) < 4.78 is 0. The molecule has 5 heteroatoms. The Labute approximate surface area is 130 Å². The first-order chi connectivity index (χ1) is 10.4. The first kappa shape index (κ1) is 16.2. The third-order valence-corrected chi connectivity index (χ3v) is 3.73. The van der Waals surface area contributed by atoms with E-state index in [4.69, 9.17) is 0 Å². The van der Waals surface area contributed by atoms with Crippen molar-refractivity contribution in [2.24, 2.45) is 5.92 Å². The van der Waals surface area contributed by atoms with Crippen LogP contribution in [-0.2, 0) is 4.79 Å². The molecule has 1 heterocycles. The fraction of sp³-hybridized carbons (Fsp3) is 0.471. The Bertz CT molecular complexity index is 608. The molecule has 1 aliphatic heterocycles. The molecule has 0 saturated carbocycles. The van der Waals surface area contributed by atoms with Gasteiger partial charge in [0.05, 0.1) is 11.1 Å². The van der Waals surface area contributed by atoms with E-state index < -0.39 is 0 Å². The van der Waals surface area contributed by atoms with Crippen molar-refractivity contribution < 1.29 is 14.4 Å². The molecule has 0 bridgehead atoms. The first-order valence-corrected chi connectivity index (χ1v) is 7.63. The average molecular weight is 302 g/mol. The SMILES string of the molecule is Cc1ccc2c(c1)C(=O)N(CCC(=O)NCCC(C)C)C2=O. The highest BCUT2D eigenvalue weighted by Crippen LogP contribution is 2.23. The summed E-state index contributed by atoms with van der Waals surface area (Å²) in [5, 5.41) is 2.81. The zero-order valence-electron chi connectivity index (χ0n) is 13.3. The zero-order chi connectivity index (χ0) is 16.3. The van der Waals surface area contributed by atoms with Gasteiger partial charge in [-0.2, -0.15) is 0 Å². The third kappa shape index (κ3) is 3.53. The van der Waals surface area contributed by atoms with Crippen LogP contribution in [-0.4, -0.2) is 35.7 Å². The van der Waals surface area contributed by atoms with Crippen molar-refractivity contribution in [2.75, 3.05) is 13.1 Å². The number of fused-ring (bicyclic) bond motifs is 1. The maximum atomic E-state index is 12.2. The van der Waals surface area contributed by atoms with Crippen LogP contribution < -0.4 is 5.32 Å². The number of aryl methyl sites for hydroxylation is 1. The van der Waals surface area contributed by atoms with Crippen molar-refractivity contribution in [3.63, 3.8) is 0 Å². The predicted molar refractivity (Wildman–Crippen MR) is 83.6 cm³/mol. The molecule has 1 aromatic rings. The van der Waals surface area contributed by atoms with E-state index in [1.807, 2.05) is 13.0 Å². The summed E-state index contributed by atoms with van der Waals surface area (Å²) in [6, 6.07) is 5.21. The molecule has 0 radical (unpaired) electrons. The van der Waals surface area contributed by atoms with E-state index in [1.54, 1.807) is 12.1 Å². The Morgan fingerprint density at radius 3 is 2.55 bits per heavy atom. The minimum Gasteiger partial charge on any atom is -0.356 e. The summed E-state index contributed by atoms with van der Waals surface area (Å²) in [7, 11) is 0. The number of imide groups is 1. The molecule has 1 aliphatic rings. The van der Waals surface area contributed by atoms with Crippen LogP contribution in [0.25, 0.3) is 0 Å². The van der Waals surface area contributed by atoms with Crippen molar-refractivity contribution in [3.05, 3.63) is 34.9 Å². The number of rotatable bonds is 6. The van der Waals surface area contributed by atoms with Gasteiger partial charge >= 0.3 is 0 Å². The van der Waals surface area contributed by atoms with Gasteiger partial charge in [-0.05, 0) is 31.4 Å². The standard InChI is InChI=1S/C17H22N2O3/c1-11(2)6-8-18-15(20)7-9-19-16(21)13-5-4-12(3)10-14(13)17(19)22/h4-5,10-11H,6-9H2,1-3H3,(H,18,20). The van der Waals surface area contributed by atoms with Crippen LogP contribution in [0.2, 0.25) is 0 Å². The molecular weight excluding hydrogens is 280 g/mol. The minimum absolute atomic E-state index is 0.124. The van der Waals surface area contributed by atoms with Crippen molar-refractivity contribution in [1.29, 1.82) is 0 Å². The molecule has 22 heavy (non-hydrogen) atoms. The number of carbonyl (C=O) groups excluding carboxylic acids is 3. The van der Waals surface area contributed by atoms with Gasteiger partial charge in [-0.15, -0.1) is 0 Å². The van der Waals surface area contributed by atoms with E-state index >= 15 is 0 Å². The van der Waals surface area contributed by atoms with Gasteiger partial charge < -0.3 is 5.32 Å². The second-order valence-electron chi connectivity index (χ2n) is 6.09. The third-order valence-electron chi connectivity index (χ3n) is 3.73. The molecule has 0 spiro atoms. The second-order valence-corrected chi connectivity index (χ2v) is 6.09. The summed E-state index contributed by atoms with van der Waals surface area (Å²) in [5.74, 6) is -0.221. The molecule has 0 atom stereocenters. The Balaban J connectivity index is 1.91. The minimum atomic E-state index is -0.310. The average Bonchev–Trinajstić information content (AvgIpc) is 2.68. The van der Waals surface area contributed by atoms with Gasteiger partial charge in [0.1, 0.15) is 0 Å². The van der Waals surface area contributed by atoms with Crippen LogP contribution in [0.1, 0.15) is 53.0 Å². The molecule has 5 nitrogen and oxygen atoms in total. The topological polar surface area (TPSA) is 66.5 Å². The molecule has 0 aromatic heterocycles. The lowest BCUT2D eigenvalue weighted by molar-refractivity contribution is -0.121. The highest BCUT2D eigenvalue weighted by atomic mass is 16.2. The van der Waals surface area contributed by atoms with Gasteiger partial charge in [-0.25, -0.2) is 0 Å². The number of hydrogen-bond donors (Lipinski definition) is 1. The van der Waals surface area contributed by atoms with E-state index in [1.165, 1.54) is 0 Å². The summed E-state index contributed by atoms with van der Waals surface area (Å²) in [6.45, 7) is 6.81. The van der Waals surface area contributed by atoms with Crippen molar-refractivity contribution >= 4 is 17.7 Å². The monoisotopic (exact) mass is 302 g/mol. The molecule has 1 N–H and O–H groups in total. The van der Waals surface area contributed by atoms with Crippen LogP contribution in [0.4, 0.5) is 0 Å². The fourth-order valence-corrected chi connectivity index (χ4v) is 2.41. The molecule has 118 valence electrons. The smallest absolute Gasteiger partial charge is 0.261 e. The number of amides is 3. The number of carbonyl (C=O) groups is 3. The Morgan fingerprint density at radius 2 is 1.86 bits per heavy atom. The largest absolute Gasteiger partial charge is 0.356 e. The quantitative estimate of drug-likeness (QED) is 0.819. The molecule has 2 rings (SSSR count). The number of hydrogen-bond acceptors (Lipinski definition) is 3. The summed E-state index contributed by atoms with van der Waals surface area (Å²) in [6.07, 6.45) is 1.06. The first-order valence-electron chi connectivity index (χ1n) is 7.63. The summed E-state index contributed by atoms with van der Waals surface area (Å²) in [5.41, 5.74) is 1.80. The van der Waals surface area contributed by atoms with E-state index in [2.05, 4.69) is 19.2 Å². The van der Waals surface area contributed by atoms with Crippen LogP contribution in [0.3, 0.4) is 0 Å². The number of nitrogens with one attached hydrogen (secondary N) is 1. The molecule has 0 aliphatic carbocycles. The van der Waals surface area contributed by atoms with E-state index in [0.29, 0.717) is 23.6 Å². The summed E-state index contributed by atoms with van der Waals surface area (Å²) in [4.78, 5) is 37.4. The van der Waals surface area contributed by atoms with E-state index in [0.717, 1.165) is 16.9 Å². The molecule has 0 fully saturated rings. The fourth-order valence-electron chi connectivity index (χ4n) is 2.41. The second kappa shape index (κ2) is 6.73. The molecular formula is C17H22N2O3. The Hall–Kier alpha value is -2.17. The van der Waals surface area contributed by atoms with E-state index in [-0.39, 0.29) is 30.7 Å². The normalized spacial score (nSPS) is 13.7. The van der Waals surface area contributed by atoms with Gasteiger partial charge in [-0.3, -0.25) is 19.3 Å². The highest BCUT2D eigenvalue weighted by Gasteiger charge is 2.35. The molecule has 1 aromatic carbocycles. The Kier molecular flexibility index (Phi) is 4.96. The highest BCUT2D eigenvalue weighted by molar-refractivity contribution is 6.21. The van der Waals surface area contributed by atoms with E-state index in [9.17, 15) is 14.4 Å². The van der Waals surface area contributed by atoms with Crippen LogP contribution in [0.15, 0.2) is 18.2 Å². The predicted octanol–water partition coefficient (Wildman–Crippen LogP) is 2.14. The maximum Gasteiger partial charge on any atom is 0.261 e. The van der Waals surface area contributed by atoms with Gasteiger partial charge in [0.2, 0.25) is 5.91 Å². The van der Waals surface area contributed by atoms with Crippen LogP contribution >= 0.6 is 0 Å². The molecule has 0 unspecified atom stereocenters. The number of nitrogens with zero attached hydrogens (tertiary/aromatic N) is 1. The lowest BCUT2D eigenvalue weighted by Crippen LogP contribution is -2.35. The van der Waals surface area contributed by atoms with Crippen molar-refractivity contribution in [1.82, 2.24) is 10.2 Å². The maximum absolute atomic E-state index is 12.2. The van der Waals surface area contributed by atoms with Crippen LogP contribution in [0.5, 0.6) is 0 Å². The lowest BCUT2D eigenvalue weighted by Gasteiger charge is -2.13. The van der Waals surface area contributed by atoms with Gasteiger partial charge in [0.25, 0.3) is 11.8 Å². The van der Waals surface area contributed by atoms with Crippen LogP contribution in [0, 0.1) is 12.8 Å². The lowest BCUT2D eigenvalue weighted by atomic mass is 10.1. The number of benzene rings is 1. The molecule has 0 saturated heterocycles.